The minimum absolute atomic E-state index is 0.116. The van der Waals surface area contributed by atoms with Gasteiger partial charge in [0.1, 0.15) is 0 Å². The fourth-order valence-corrected chi connectivity index (χ4v) is 3.63. The predicted octanol–water partition coefficient (Wildman–Crippen LogP) is 4.26. The van der Waals surface area contributed by atoms with Crippen LogP contribution in [0.25, 0.3) is 0 Å². The minimum Gasteiger partial charge on any atom is -0.433 e. The van der Waals surface area contributed by atoms with E-state index in [9.17, 15) is 9.59 Å². The van der Waals surface area contributed by atoms with E-state index in [2.05, 4.69) is 0 Å². The maximum absolute atomic E-state index is 12.8. The Morgan fingerprint density at radius 3 is 2.52 bits per heavy atom. The van der Waals surface area contributed by atoms with Gasteiger partial charge in [-0.2, -0.15) is 0 Å². The highest BCUT2D eigenvalue weighted by Crippen LogP contribution is 2.36. The summed E-state index contributed by atoms with van der Waals surface area (Å²) in [7, 11) is 0. The van der Waals surface area contributed by atoms with Crippen LogP contribution in [-0.2, 0) is 11.3 Å². The first-order valence-corrected chi connectivity index (χ1v) is 8.80. The average molecular weight is 349 g/mol. The quantitative estimate of drug-likeness (QED) is 0.661. The summed E-state index contributed by atoms with van der Waals surface area (Å²) in [6.07, 6.45) is -0.710. The molecule has 1 atom stereocenters. The molecule has 1 amide bonds. The number of thiophene rings is 1. The topological polar surface area (TPSA) is 46.6 Å². The Morgan fingerprint density at radius 1 is 1.00 bits per heavy atom. The van der Waals surface area contributed by atoms with Crippen LogP contribution in [0.2, 0.25) is 0 Å². The standard InChI is InChI=1S/C20H15NO3S/c22-18-16-10-4-5-11-17(16)19(21(18)13-15-9-6-12-25-15)24-20(23)14-7-2-1-3-8-14/h1-12,19H,13H2/t19-/m0/s1. The molecule has 5 heteroatoms. The molecule has 0 fully saturated rings. The summed E-state index contributed by atoms with van der Waals surface area (Å²) in [5.74, 6) is -0.554. The molecule has 0 radical (unpaired) electrons. The van der Waals surface area contributed by atoms with Crippen LogP contribution in [-0.4, -0.2) is 16.8 Å². The summed E-state index contributed by atoms with van der Waals surface area (Å²) in [5.41, 5.74) is 1.79. The van der Waals surface area contributed by atoms with Crippen LogP contribution in [0.15, 0.2) is 72.1 Å². The number of hydrogen-bond donors (Lipinski definition) is 0. The number of ether oxygens (including phenoxy) is 1. The van der Waals surface area contributed by atoms with Gasteiger partial charge in [0.2, 0.25) is 6.23 Å². The van der Waals surface area contributed by atoms with Crippen LogP contribution in [0.4, 0.5) is 0 Å². The lowest BCUT2D eigenvalue weighted by Gasteiger charge is -2.24. The molecule has 0 aliphatic carbocycles. The molecule has 25 heavy (non-hydrogen) atoms. The molecular weight excluding hydrogens is 334 g/mol. The molecule has 1 aliphatic heterocycles. The van der Waals surface area contributed by atoms with E-state index in [4.69, 9.17) is 4.74 Å². The largest absolute Gasteiger partial charge is 0.433 e. The number of hydrogen-bond acceptors (Lipinski definition) is 4. The van der Waals surface area contributed by atoms with E-state index in [-0.39, 0.29) is 5.91 Å². The number of benzene rings is 2. The first-order valence-electron chi connectivity index (χ1n) is 7.92. The second-order valence-corrected chi connectivity index (χ2v) is 6.76. The number of carbonyl (C=O) groups excluding carboxylic acids is 2. The van der Waals surface area contributed by atoms with Crippen molar-refractivity contribution in [3.8, 4) is 0 Å². The predicted molar refractivity (Wildman–Crippen MR) is 95.2 cm³/mol. The SMILES string of the molecule is O=C(O[C@H]1c2ccccc2C(=O)N1Cc1cccs1)c1ccccc1. The van der Waals surface area contributed by atoms with Gasteiger partial charge in [0, 0.05) is 16.0 Å². The smallest absolute Gasteiger partial charge is 0.340 e. The Balaban J connectivity index is 1.66. The van der Waals surface area contributed by atoms with Gasteiger partial charge in [-0.25, -0.2) is 4.79 Å². The zero-order valence-corrected chi connectivity index (χ0v) is 14.1. The zero-order valence-electron chi connectivity index (χ0n) is 13.3. The van der Waals surface area contributed by atoms with Crippen LogP contribution in [0.5, 0.6) is 0 Å². The van der Waals surface area contributed by atoms with Crippen molar-refractivity contribution in [2.24, 2.45) is 0 Å². The molecule has 0 unspecified atom stereocenters. The lowest BCUT2D eigenvalue weighted by atomic mass is 10.1. The molecule has 0 N–H and O–H groups in total. The normalized spacial score (nSPS) is 15.9. The lowest BCUT2D eigenvalue weighted by Crippen LogP contribution is -2.30. The molecule has 1 aliphatic rings. The van der Waals surface area contributed by atoms with E-state index < -0.39 is 12.2 Å². The van der Waals surface area contributed by atoms with Gasteiger partial charge in [0.15, 0.2) is 0 Å². The molecule has 2 aromatic carbocycles. The van der Waals surface area contributed by atoms with Gasteiger partial charge in [-0.15, -0.1) is 11.3 Å². The van der Waals surface area contributed by atoms with Crippen molar-refractivity contribution >= 4 is 23.2 Å². The van der Waals surface area contributed by atoms with Crippen molar-refractivity contribution in [1.29, 1.82) is 0 Å². The highest BCUT2D eigenvalue weighted by molar-refractivity contribution is 7.09. The highest BCUT2D eigenvalue weighted by atomic mass is 32.1. The van der Waals surface area contributed by atoms with Gasteiger partial charge in [-0.3, -0.25) is 9.69 Å². The fraction of sp³-hybridized carbons (Fsp3) is 0.100. The number of rotatable bonds is 4. The molecule has 124 valence electrons. The minimum atomic E-state index is -0.710. The third-order valence-corrected chi connectivity index (χ3v) is 5.00. The van der Waals surface area contributed by atoms with Crippen LogP contribution >= 0.6 is 11.3 Å². The fourth-order valence-electron chi connectivity index (χ4n) is 2.93. The summed E-state index contributed by atoms with van der Waals surface area (Å²) < 4.78 is 5.73. The van der Waals surface area contributed by atoms with Gasteiger partial charge in [0.25, 0.3) is 5.91 Å². The lowest BCUT2D eigenvalue weighted by molar-refractivity contribution is -0.0208. The van der Waals surface area contributed by atoms with E-state index in [1.165, 1.54) is 0 Å². The van der Waals surface area contributed by atoms with E-state index in [1.54, 1.807) is 46.6 Å². The van der Waals surface area contributed by atoms with Crippen molar-refractivity contribution in [3.05, 3.63) is 93.7 Å². The van der Waals surface area contributed by atoms with Gasteiger partial charge in [0.05, 0.1) is 12.1 Å². The molecule has 3 aromatic rings. The molecule has 0 saturated heterocycles. The molecule has 2 heterocycles. The maximum Gasteiger partial charge on any atom is 0.340 e. The van der Waals surface area contributed by atoms with Crippen LogP contribution in [0, 0.1) is 0 Å². The second-order valence-electron chi connectivity index (χ2n) is 5.72. The summed E-state index contributed by atoms with van der Waals surface area (Å²) in [4.78, 5) is 28.0. The molecule has 0 saturated carbocycles. The Hall–Kier alpha value is -2.92. The average Bonchev–Trinajstić information content (AvgIpc) is 3.25. The van der Waals surface area contributed by atoms with E-state index in [1.807, 2.05) is 41.8 Å². The third-order valence-electron chi connectivity index (χ3n) is 4.14. The van der Waals surface area contributed by atoms with E-state index >= 15 is 0 Å². The number of nitrogens with zero attached hydrogens (tertiary/aromatic N) is 1. The van der Waals surface area contributed by atoms with Gasteiger partial charge < -0.3 is 4.74 Å². The third kappa shape index (κ3) is 2.94. The Morgan fingerprint density at radius 2 is 1.76 bits per heavy atom. The molecule has 4 rings (SSSR count). The van der Waals surface area contributed by atoms with Gasteiger partial charge in [-0.05, 0) is 29.6 Å². The summed E-state index contributed by atoms with van der Waals surface area (Å²) in [6, 6.07) is 20.0. The zero-order chi connectivity index (χ0) is 17.2. The summed E-state index contributed by atoms with van der Waals surface area (Å²) in [5, 5.41) is 1.97. The number of carbonyl (C=O) groups is 2. The number of fused-ring (bicyclic) bond motifs is 1. The van der Waals surface area contributed by atoms with Crippen LogP contribution < -0.4 is 0 Å². The molecule has 4 nitrogen and oxygen atoms in total. The van der Waals surface area contributed by atoms with Crippen molar-refractivity contribution < 1.29 is 14.3 Å². The van der Waals surface area contributed by atoms with Crippen LogP contribution in [0.1, 0.15) is 37.4 Å². The molecule has 0 bridgehead atoms. The Bertz CT molecular complexity index is 906. The molecular formula is C20H15NO3S. The Kier molecular flexibility index (Phi) is 4.07. The molecule has 0 spiro atoms. The Labute approximate surface area is 149 Å². The first-order chi connectivity index (χ1) is 12.2. The van der Waals surface area contributed by atoms with Crippen molar-refractivity contribution in [2.75, 3.05) is 0 Å². The second kappa shape index (κ2) is 6.53. The van der Waals surface area contributed by atoms with E-state index in [0.29, 0.717) is 17.7 Å². The number of amides is 1. The van der Waals surface area contributed by atoms with Gasteiger partial charge in [-0.1, -0.05) is 42.5 Å². The van der Waals surface area contributed by atoms with Gasteiger partial charge >= 0.3 is 5.97 Å². The van der Waals surface area contributed by atoms with Crippen molar-refractivity contribution in [2.45, 2.75) is 12.8 Å². The number of esters is 1. The first kappa shape index (κ1) is 15.6. The summed E-state index contributed by atoms with van der Waals surface area (Å²) >= 11 is 1.57. The summed E-state index contributed by atoms with van der Waals surface area (Å²) in [6.45, 7) is 0.415. The monoisotopic (exact) mass is 349 g/mol. The van der Waals surface area contributed by atoms with E-state index in [0.717, 1.165) is 10.4 Å². The van der Waals surface area contributed by atoms with Crippen molar-refractivity contribution in [1.82, 2.24) is 4.90 Å². The van der Waals surface area contributed by atoms with Crippen LogP contribution in [0.3, 0.4) is 0 Å². The maximum atomic E-state index is 12.8. The van der Waals surface area contributed by atoms with Crippen molar-refractivity contribution in [3.63, 3.8) is 0 Å². The highest BCUT2D eigenvalue weighted by Gasteiger charge is 2.39. The molecule has 1 aromatic heterocycles.